The van der Waals surface area contributed by atoms with E-state index in [9.17, 15) is 18.7 Å². The zero-order chi connectivity index (χ0) is 19.9. The fraction of sp³-hybridized carbons (Fsp3) is 0.762. The summed E-state index contributed by atoms with van der Waals surface area (Å²) in [6.45, 7) is 6.62. The second-order valence-electron chi connectivity index (χ2n) is 9.00. The van der Waals surface area contributed by atoms with Crippen molar-refractivity contribution in [2.24, 2.45) is 5.92 Å². The van der Waals surface area contributed by atoms with Crippen molar-refractivity contribution in [2.75, 3.05) is 26.2 Å². The van der Waals surface area contributed by atoms with Crippen molar-refractivity contribution in [1.29, 1.82) is 0 Å². The molecule has 4 aliphatic rings. The Labute approximate surface area is 169 Å². The highest BCUT2D eigenvalue weighted by Gasteiger charge is 2.47. The van der Waals surface area contributed by atoms with Gasteiger partial charge >= 0.3 is 5.97 Å². The number of hydrogen-bond donors (Lipinski definition) is 1. The van der Waals surface area contributed by atoms with E-state index in [1.54, 1.807) is 5.38 Å². The first-order chi connectivity index (χ1) is 13.3. The normalized spacial score (nSPS) is 33.9. The van der Waals surface area contributed by atoms with Crippen molar-refractivity contribution in [2.45, 2.75) is 69.8 Å². The minimum absolute atomic E-state index is 0.0213. The number of rotatable bonds is 6. The molecule has 5 rings (SSSR count). The molecule has 7 heteroatoms. The van der Waals surface area contributed by atoms with Crippen molar-refractivity contribution in [3.8, 4) is 5.75 Å². The smallest absolute Gasteiger partial charge is 0.311 e. The third kappa shape index (κ3) is 3.92. The van der Waals surface area contributed by atoms with Crippen LogP contribution in [0.1, 0.15) is 61.8 Å². The summed E-state index contributed by atoms with van der Waals surface area (Å²) in [5.41, 5.74) is 0.570. The van der Waals surface area contributed by atoms with Crippen LogP contribution in [0.4, 0.5) is 8.78 Å². The van der Waals surface area contributed by atoms with Gasteiger partial charge in [0.1, 0.15) is 12.3 Å². The van der Waals surface area contributed by atoms with E-state index in [0.717, 1.165) is 36.8 Å². The number of nitrogens with zero attached hydrogens (tertiary/aromatic N) is 1. The fourth-order valence-corrected chi connectivity index (χ4v) is 6.53. The third-order valence-electron chi connectivity index (χ3n) is 7.04. The molecule has 3 saturated heterocycles. The van der Waals surface area contributed by atoms with Crippen LogP contribution >= 0.6 is 11.3 Å². The van der Waals surface area contributed by atoms with Crippen molar-refractivity contribution in [3.05, 3.63) is 15.8 Å². The molecule has 28 heavy (non-hydrogen) atoms. The summed E-state index contributed by atoms with van der Waals surface area (Å²) in [7, 11) is 0. The summed E-state index contributed by atoms with van der Waals surface area (Å²) in [5, 5.41) is 12.2. The van der Waals surface area contributed by atoms with Crippen LogP contribution in [0, 0.1) is 5.92 Å². The molecule has 0 amide bonds. The van der Waals surface area contributed by atoms with Gasteiger partial charge in [-0.3, -0.25) is 4.79 Å². The Morgan fingerprint density at radius 1 is 1.36 bits per heavy atom. The molecule has 1 N–H and O–H groups in total. The number of ether oxygens (including phenoxy) is 1. The van der Waals surface area contributed by atoms with E-state index in [4.69, 9.17) is 4.74 Å². The Bertz CT molecular complexity index is 722. The molecule has 1 unspecified atom stereocenters. The quantitative estimate of drug-likeness (QED) is 0.552. The van der Waals surface area contributed by atoms with Crippen LogP contribution in [-0.2, 0) is 16.0 Å². The maximum absolute atomic E-state index is 13.5. The van der Waals surface area contributed by atoms with E-state index in [0.29, 0.717) is 22.8 Å². The van der Waals surface area contributed by atoms with Crippen LogP contribution in [-0.4, -0.2) is 53.8 Å². The molecule has 0 aromatic carbocycles. The van der Waals surface area contributed by atoms with Crippen LogP contribution in [0.5, 0.6) is 5.75 Å². The average Bonchev–Trinajstić information content (AvgIpc) is 3.18. The molecule has 156 valence electrons. The van der Waals surface area contributed by atoms with Crippen LogP contribution < -0.4 is 0 Å². The highest BCUT2D eigenvalue weighted by Crippen LogP contribution is 2.48. The van der Waals surface area contributed by atoms with Crippen molar-refractivity contribution in [3.63, 3.8) is 0 Å². The largest absolute Gasteiger partial charge is 0.506 e. The molecule has 1 aliphatic carbocycles. The number of esters is 1. The van der Waals surface area contributed by atoms with Gasteiger partial charge in [0.15, 0.2) is 6.10 Å². The molecule has 0 spiro atoms. The number of carbonyl (C=O) groups is 1. The van der Waals surface area contributed by atoms with Gasteiger partial charge in [0.2, 0.25) is 5.92 Å². The summed E-state index contributed by atoms with van der Waals surface area (Å²) in [6, 6.07) is 0. The van der Waals surface area contributed by atoms with E-state index in [1.165, 1.54) is 24.4 Å². The van der Waals surface area contributed by atoms with Crippen LogP contribution in [0.2, 0.25) is 0 Å². The molecule has 0 radical (unpaired) electrons. The highest BCUT2D eigenvalue weighted by molar-refractivity contribution is 7.10. The molecule has 2 atom stereocenters. The zero-order valence-electron chi connectivity index (χ0n) is 16.5. The SMILES string of the molecule is CCC[N+]12CCC(CC1)[C@@H](OC(=O)Cc1scc(C3CCC(F)(F)C3)c1O)C2. The average molecular weight is 415 g/mol. The number of thiophene rings is 1. The molecule has 2 bridgehead atoms. The predicted molar refractivity (Wildman–Crippen MR) is 104 cm³/mol. The van der Waals surface area contributed by atoms with Crippen LogP contribution in [0.15, 0.2) is 5.38 Å². The number of piperidine rings is 3. The predicted octanol–water partition coefficient (Wildman–Crippen LogP) is 4.46. The van der Waals surface area contributed by atoms with E-state index in [-0.39, 0.29) is 43.0 Å². The summed E-state index contributed by atoms with van der Waals surface area (Å²) in [6.07, 6.45) is 3.38. The molecule has 4 heterocycles. The Morgan fingerprint density at radius 3 is 2.75 bits per heavy atom. The number of carbonyl (C=O) groups excluding carboxylic acids is 1. The van der Waals surface area contributed by atoms with Crippen LogP contribution in [0.3, 0.4) is 0 Å². The Morgan fingerprint density at radius 2 is 2.11 bits per heavy atom. The van der Waals surface area contributed by atoms with Gasteiger partial charge in [-0.15, -0.1) is 11.3 Å². The summed E-state index contributed by atoms with van der Waals surface area (Å²) < 4.78 is 33.9. The maximum atomic E-state index is 13.5. The second-order valence-corrected chi connectivity index (χ2v) is 9.96. The molecule has 4 fully saturated rings. The molecule has 4 nitrogen and oxygen atoms in total. The molecule has 1 aromatic rings. The lowest BCUT2D eigenvalue weighted by Gasteiger charge is -2.52. The molecule has 1 aromatic heterocycles. The molecular weight excluding hydrogens is 384 g/mol. The first kappa shape index (κ1) is 20.1. The fourth-order valence-electron chi connectivity index (χ4n) is 5.52. The molecular formula is C21H30F2NO3S+. The summed E-state index contributed by atoms with van der Waals surface area (Å²) in [5.74, 6) is -2.81. The second kappa shape index (κ2) is 7.56. The molecule has 1 saturated carbocycles. The van der Waals surface area contributed by atoms with Crippen molar-refractivity contribution >= 4 is 17.3 Å². The van der Waals surface area contributed by atoms with Gasteiger partial charge in [0.05, 0.1) is 30.9 Å². The number of halogens is 2. The van der Waals surface area contributed by atoms with Gasteiger partial charge in [-0.25, -0.2) is 8.78 Å². The third-order valence-corrected chi connectivity index (χ3v) is 8.03. The number of hydrogen-bond acceptors (Lipinski definition) is 4. The van der Waals surface area contributed by atoms with Gasteiger partial charge in [0, 0.05) is 37.2 Å². The first-order valence-corrected chi connectivity index (χ1v) is 11.4. The van der Waals surface area contributed by atoms with Gasteiger partial charge in [-0.05, 0) is 24.1 Å². The minimum atomic E-state index is -2.65. The Hall–Kier alpha value is -1.21. The number of fused-ring (bicyclic) bond motifs is 3. The maximum Gasteiger partial charge on any atom is 0.311 e. The van der Waals surface area contributed by atoms with Gasteiger partial charge < -0.3 is 14.3 Å². The lowest BCUT2D eigenvalue weighted by Crippen LogP contribution is -2.64. The van der Waals surface area contributed by atoms with Gasteiger partial charge in [-0.2, -0.15) is 0 Å². The van der Waals surface area contributed by atoms with Crippen LogP contribution in [0.25, 0.3) is 0 Å². The minimum Gasteiger partial charge on any atom is -0.506 e. The lowest BCUT2D eigenvalue weighted by atomic mass is 9.83. The zero-order valence-corrected chi connectivity index (χ0v) is 17.3. The van der Waals surface area contributed by atoms with E-state index in [1.807, 2.05) is 0 Å². The number of alkyl halides is 2. The van der Waals surface area contributed by atoms with Gasteiger partial charge in [-0.1, -0.05) is 6.92 Å². The van der Waals surface area contributed by atoms with E-state index < -0.39 is 5.92 Å². The Balaban J connectivity index is 1.37. The number of quaternary nitrogens is 1. The lowest BCUT2D eigenvalue weighted by molar-refractivity contribution is -0.946. The highest BCUT2D eigenvalue weighted by atomic mass is 32.1. The van der Waals surface area contributed by atoms with Gasteiger partial charge in [0.25, 0.3) is 0 Å². The summed E-state index contributed by atoms with van der Waals surface area (Å²) >= 11 is 1.28. The standard InChI is InChI=1S/C21H29F2NO3S/c1-2-7-24-8-4-14(5-9-24)17(12-24)27-19(25)10-18-20(26)16(13-28-18)15-3-6-21(22,23)11-15/h13-15,17H,2-12H2,1H3/p+1/t14?,15?,17-,24?/m0/s1. The summed E-state index contributed by atoms with van der Waals surface area (Å²) in [4.78, 5) is 13.1. The Kier molecular flexibility index (Phi) is 5.42. The van der Waals surface area contributed by atoms with E-state index >= 15 is 0 Å². The first-order valence-electron chi connectivity index (χ1n) is 10.5. The van der Waals surface area contributed by atoms with Crippen molar-refractivity contribution in [1.82, 2.24) is 0 Å². The monoisotopic (exact) mass is 414 g/mol. The number of aromatic hydroxyl groups is 1. The molecule has 3 aliphatic heterocycles. The van der Waals surface area contributed by atoms with E-state index in [2.05, 4.69) is 6.92 Å². The topological polar surface area (TPSA) is 46.5 Å². The van der Waals surface area contributed by atoms with Crippen molar-refractivity contribution < 1.29 is 27.9 Å².